The molecule has 0 aliphatic heterocycles. The maximum atomic E-state index is 5.71. The Labute approximate surface area is 158 Å². The van der Waals surface area contributed by atoms with Crippen molar-refractivity contribution < 1.29 is 0 Å². The molecule has 5 heteroatoms. The first kappa shape index (κ1) is 20.3. The van der Waals surface area contributed by atoms with Crippen molar-refractivity contribution in [3.8, 4) is 0 Å². The van der Waals surface area contributed by atoms with Crippen LogP contribution in [0.3, 0.4) is 0 Å². The molecular formula is C21H33N5. The summed E-state index contributed by atoms with van der Waals surface area (Å²) in [7, 11) is 0. The number of allylic oxidation sites excluding steroid dienone is 4. The molecule has 1 aromatic rings. The Kier molecular flexibility index (Phi) is 8.51. The summed E-state index contributed by atoms with van der Waals surface area (Å²) >= 11 is 0. The molecule has 2 N–H and O–H groups in total. The van der Waals surface area contributed by atoms with Crippen LogP contribution in [0.5, 0.6) is 0 Å². The Morgan fingerprint density at radius 2 is 2.31 bits per heavy atom. The molecule has 0 bridgehead atoms. The fourth-order valence-corrected chi connectivity index (χ4v) is 3.68. The number of nitrogens with two attached hydrogens (primary N) is 1. The highest BCUT2D eigenvalue weighted by atomic mass is 15.2. The van der Waals surface area contributed by atoms with E-state index in [0.29, 0.717) is 6.04 Å². The van der Waals surface area contributed by atoms with Gasteiger partial charge in [-0.3, -0.25) is 9.89 Å². The molecule has 0 spiro atoms. The van der Waals surface area contributed by atoms with E-state index in [2.05, 4.69) is 51.8 Å². The van der Waals surface area contributed by atoms with Crippen molar-refractivity contribution in [2.24, 2.45) is 10.7 Å². The zero-order valence-electron chi connectivity index (χ0n) is 16.1. The highest BCUT2D eigenvalue weighted by molar-refractivity contribution is 5.38. The largest absolute Gasteiger partial charge is 0.330 e. The van der Waals surface area contributed by atoms with E-state index in [1.54, 1.807) is 0 Å². The van der Waals surface area contributed by atoms with Crippen molar-refractivity contribution in [3.05, 3.63) is 54.3 Å². The molecule has 5 nitrogen and oxygen atoms in total. The fraction of sp³-hybridized carbons (Fsp3) is 0.524. The van der Waals surface area contributed by atoms with E-state index >= 15 is 0 Å². The summed E-state index contributed by atoms with van der Waals surface area (Å²) < 4.78 is 2.16. The fourth-order valence-electron chi connectivity index (χ4n) is 3.68. The number of imidazole rings is 1. The SMILES string of the molecule is C=CCn1ccnc1CN(CCCCN)C1CCCC(/C=C\C)=C1N=C. The van der Waals surface area contributed by atoms with E-state index in [4.69, 9.17) is 5.73 Å². The lowest BCUT2D eigenvalue weighted by atomic mass is 9.90. The van der Waals surface area contributed by atoms with Gasteiger partial charge in [-0.1, -0.05) is 18.2 Å². The van der Waals surface area contributed by atoms with Crippen molar-refractivity contribution in [1.29, 1.82) is 0 Å². The highest BCUT2D eigenvalue weighted by Gasteiger charge is 2.27. The standard InChI is InChI=1S/C21H33N5/c1-4-9-18-10-8-11-19(21(18)23-3)26(15-7-6-12-22)17-20-24-13-16-25(20)14-5-2/h4-5,9,13,16,19H,2-3,6-8,10-12,14-15,17,22H2,1H3/b9-4-. The van der Waals surface area contributed by atoms with Crippen LogP contribution in [0.2, 0.25) is 0 Å². The van der Waals surface area contributed by atoms with Gasteiger partial charge in [0.1, 0.15) is 5.82 Å². The molecule has 1 heterocycles. The zero-order chi connectivity index (χ0) is 18.8. The number of hydrogen-bond acceptors (Lipinski definition) is 4. The molecule has 0 saturated carbocycles. The second kappa shape index (κ2) is 10.9. The van der Waals surface area contributed by atoms with E-state index in [0.717, 1.165) is 63.4 Å². The molecule has 1 aromatic heterocycles. The van der Waals surface area contributed by atoms with E-state index in [1.165, 1.54) is 12.0 Å². The first-order chi connectivity index (χ1) is 12.7. The Bertz CT molecular complexity index is 641. The van der Waals surface area contributed by atoms with Crippen LogP contribution in [0.25, 0.3) is 0 Å². The van der Waals surface area contributed by atoms with Crippen molar-refractivity contribution in [3.63, 3.8) is 0 Å². The van der Waals surface area contributed by atoms with Crippen molar-refractivity contribution >= 4 is 6.72 Å². The smallest absolute Gasteiger partial charge is 0.123 e. The molecule has 1 unspecified atom stereocenters. The van der Waals surface area contributed by atoms with E-state index in [-0.39, 0.29) is 0 Å². The Balaban J connectivity index is 2.27. The summed E-state index contributed by atoms with van der Waals surface area (Å²) in [5.74, 6) is 1.07. The maximum Gasteiger partial charge on any atom is 0.123 e. The Morgan fingerprint density at radius 3 is 3.00 bits per heavy atom. The number of rotatable bonds is 11. The van der Waals surface area contributed by atoms with Crippen LogP contribution in [-0.2, 0) is 13.1 Å². The monoisotopic (exact) mass is 355 g/mol. The van der Waals surface area contributed by atoms with Crippen LogP contribution >= 0.6 is 0 Å². The van der Waals surface area contributed by atoms with Crippen LogP contribution in [0.15, 0.2) is 53.5 Å². The normalized spacial score (nSPS) is 18.0. The number of aliphatic imine (C=N–C) groups is 1. The first-order valence-electron chi connectivity index (χ1n) is 9.62. The number of hydrogen-bond donors (Lipinski definition) is 1. The number of aromatic nitrogens is 2. The molecule has 1 atom stereocenters. The van der Waals surface area contributed by atoms with Gasteiger partial charge in [-0.2, -0.15) is 0 Å². The maximum absolute atomic E-state index is 5.71. The van der Waals surface area contributed by atoms with Crippen LogP contribution in [0.4, 0.5) is 0 Å². The van der Waals surface area contributed by atoms with Gasteiger partial charge in [-0.05, 0) is 64.4 Å². The summed E-state index contributed by atoms with van der Waals surface area (Å²) in [6, 6.07) is 0.291. The van der Waals surface area contributed by atoms with Gasteiger partial charge in [-0.25, -0.2) is 4.98 Å². The average Bonchev–Trinajstić information content (AvgIpc) is 3.08. The lowest BCUT2D eigenvalue weighted by molar-refractivity contribution is 0.183. The minimum atomic E-state index is 0.291. The molecule has 26 heavy (non-hydrogen) atoms. The van der Waals surface area contributed by atoms with Crippen LogP contribution in [0.1, 0.15) is 44.9 Å². The second-order valence-corrected chi connectivity index (χ2v) is 6.73. The Hall–Kier alpha value is -1.98. The molecule has 0 aromatic carbocycles. The van der Waals surface area contributed by atoms with Gasteiger partial charge in [-0.15, -0.1) is 6.58 Å². The van der Waals surface area contributed by atoms with Gasteiger partial charge in [0.2, 0.25) is 0 Å². The molecule has 1 aliphatic rings. The molecule has 142 valence electrons. The predicted molar refractivity (Wildman–Crippen MR) is 110 cm³/mol. The predicted octanol–water partition coefficient (Wildman–Crippen LogP) is 3.69. The Morgan fingerprint density at radius 1 is 1.46 bits per heavy atom. The minimum absolute atomic E-state index is 0.291. The summed E-state index contributed by atoms with van der Waals surface area (Å²) in [6.45, 7) is 13.1. The number of nitrogens with zero attached hydrogens (tertiary/aromatic N) is 4. The molecular weight excluding hydrogens is 322 g/mol. The molecule has 1 aliphatic carbocycles. The van der Waals surface area contributed by atoms with Crippen LogP contribution in [-0.4, -0.2) is 40.3 Å². The highest BCUT2D eigenvalue weighted by Crippen LogP contribution is 2.31. The first-order valence-corrected chi connectivity index (χ1v) is 9.62. The van der Waals surface area contributed by atoms with Crippen molar-refractivity contribution in [2.45, 2.75) is 58.2 Å². The minimum Gasteiger partial charge on any atom is -0.330 e. The second-order valence-electron chi connectivity index (χ2n) is 6.73. The van der Waals surface area contributed by atoms with Gasteiger partial charge in [0.25, 0.3) is 0 Å². The van der Waals surface area contributed by atoms with Crippen molar-refractivity contribution in [1.82, 2.24) is 14.5 Å². The van der Waals surface area contributed by atoms with E-state index in [9.17, 15) is 0 Å². The van der Waals surface area contributed by atoms with E-state index < -0.39 is 0 Å². The molecule has 0 radical (unpaired) electrons. The molecule has 0 saturated heterocycles. The molecule has 2 rings (SSSR count). The van der Waals surface area contributed by atoms with Gasteiger partial charge in [0.15, 0.2) is 0 Å². The lowest BCUT2D eigenvalue weighted by Gasteiger charge is -2.35. The van der Waals surface area contributed by atoms with Gasteiger partial charge in [0, 0.05) is 18.9 Å². The third-order valence-electron chi connectivity index (χ3n) is 4.92. The summed E-state index contributed by atoms with van der Waals surface area (Å²) in [5.41, 5.74) is 8.16. The summed E-state index contributed by atoms with van der Waals surface area (Å²) in [6.07, 6.45) is 15.6. The third kappa shape index (κ3) is 5.26. The molecule has 0 amide bonds. The quantitative estimate of drug-likeness (QED) is 0.374. The lowest BCUT2D eigenvalue weighted by Crippen LogP contribution is -2.39. The van der Waals surface area contributed by atoms with E-state index in [1.807, 2.05) is 18.5 Å². The van der Waals surface area contributed by atoms with Gasteiger partial charge < -0.3 is 10.3 Å². The summed E-state index contributed by atoms with van der Waals surface area (Å²) in [4.78, 5) is 11.5. The van der Waals surface area contributed by atoms with Crippen LogP contribution in [0, 0.1) is 0 Å². The third-order valence-corrected chi connectivity index (χ3v) is 4.92. The summed E-state index contributed by atoms with van der Waals surface area (Å²) in [5, 5.41) is 0. The number of unbranched alkanes of at least 4 members (excludes halogenated alkanes) is 1. The average molecular weight is 356 g/mol. The van der Waals surface area contributed by atoms with Gasteiger partial charge in [0.05, 0.1) is 18.3 Å². The van der Waals surface area contributed by atoms with Gasteiger partial charge >= 0.3 is 0 Å². The van der Waals surface area contributed by atoms with Crippen LogP contribution < -0.4 is 5.73 Å². The van der Waals surface area contributed by atoms with Crippen molar-refractivity contribution in [2.75, 3.05) is 13.1 Å². The zero-order valence-corrected chi connectivity index (χ0v) is 16.1. The molecule has 0 fully saturated rings. The topological polar surface area (TPSA) is 59.4 Å².